The molecule has 0 saturated carbocycles. The molecule has 0 aliphatic rings. The van der Waals surface area contributed by atoms with Crippen LogP contribution in [0.5, 0.6) is 11.5 Å². The normalized spacial score (nSPS) is 12.8. The lowest BCUT2D eigenvalue weighted by atomic mass is 10.1. The van der Waals surface area contributed by atoms with Crippen LogP contribution in [0, 0.1) is 0 Å². The Balaban J connectivity index is 2.11. The minimum absolute atomic E-state index is 0.269. The molecule has 0 bridgehead atoms. The van der Waals surface area contributed by atoms with Crippen LogP contribution >= 0.6 is 0 Å². The number of hydrogen-bond donors (Lipinski definition) is 1. The molecule has 5 nitrogen and oxygen atoms in total. The maximum atomic E-state index is 10.5. The summed E-state index contributed by atoms with van der Waals surface area (Å²) in [5, 5.41) is 10.5. The van der Waals surface area contributed by atoms with E-state index >= 15 is 0 Å². The van der Waals surface area contributed by atoms with E-state index < -0.39 is 6.10 Å². The summed E-state index contributed by atoms with van der Waals surface area (Å²) in [5.41, 5.74) is 2.03. The lowest BCUT2D eigenvalue weighted by Crippen LogP contribution is -2.36. The molecule has 0 heterocycles. The van der Waals surface area contributed by atoms with Gasteiger partial charge in [0.1, 0.15) is 0 Å². The van der Waals surface area contributed by atoms with Crippen LogP contribution in [0.15, 0.2) is 48.5 Å². The summed E-state index contributed by atoms with van der Waals surface area (Å²) < 4.78 is 16.5. The highest BCUT2D eigenvalue weighted by Gasteiger charge is 2.18. The fourth-order valence-corrected chi connectivity index (χ4v) is 2.96. The first-order valence-electron chi connectivity index (χ1n) is 9.60. The van der Waals surface area contributed by atoms with Gasteiger partial charge in [0.05, 0.1) is 32.5 Å². The Morgan fingerprint density at radius 3 is 2.14 bits per heavy atom. The molecule has 2 aromatic rings. The van der Waals surface area contributed by atoms with Gasteiger partial charge < -0.3 is 19.3 Å². The van der Waals surface area contributed by atoms with E-state index in [1.165, 1.54) is 5.56 Å². The van der Waals surface area contributed by atoms with E-state index in [0.29, 0.717) is 31.2 Å². The average molecular weight is 388 g/mol. The number of ether oxygens (including phenoxy) is 3. The van der Waals surface area contributed by atoms with Crippen molar-refractivity contribution in [1.29, 1.82) is 0 Å². The second-order valence-electron chi connectivity index (χ2n) is 7.92. The maximum absolute atomic E-state index is 10.5. The van der Waals surface area contributed by atoms with E-state index in [9.17, 15) is 5.11 Å². The second-order valence-corrected chi connectivity index (χ2v) is 7.92. The molecule has 28 heavy (non-hydrogen) atoms. The molecule has 0 fully saturated rings. The van der Waals surface area contributed by atoms with Gasteiger partial charge >= 0.3 is 0 Å². The lowest BCUT2D eigenvalue weighted by Gasteiger charge is -2.27. The van der Waals surface area contributed by atoms with Gasteiger partial charge in [0.2, 0.25) is 0 Å². The Labute approximate surface area is 168 Å². The molecule has 2 aromatic carbocycles. The average Bonchev–Trinajstić information content (AvgIpc) is 2.66. The molecule has 0 saturated heterocycles. The first-order chi connectivity index (χ1) is 13.3. The topological polar surface area (TPSA) is 51.2 Å². The molecule has 0 aliphatic heterocycles. The van der Waals surface area contributed by atoms with Crippen molar-refractivity contribution in [2.45, 2.75) is 45.6 Å². The molecule has 0 spiro atoms. The Kier molecular flexibility index (Phi) is 8.30. The summed E-state index contributed by atoms with van der Waals surface area (Å²) in [6, 6.07) is 16.2. The summed E-state index contributed by atoms with van der Waals surface area (Å²) in [5.74, 6) is 1.41. The monoisotopic (exact) mass is 387 g/mol. The van der Waals surface area contributed by atoms with Gasteiger partial charge in [-0.05, 0) is 44.0 Å². The van der Waals surface area contributed by atoms with E-state index in [2.05, 4.69) is 17.0 Å². The van der Waals surface area contributed by atoms with E-state index in [1.54, 1.807) is 14.2 Å². The quantitative estimate of drug-likeness (QED) is 0.670. The van der Waals surface area contributed by atoms with Crippen LogP contribution in [0.1, 0.15) is 31.9 Å². The van der Waals surface area contributed by atoms with Gasteiger partial charge in [-0.3, -0.25) is 4.90 Å². The molecular formula is C23H33NO4. The largest absolute Gasteiger partial charge is 0.493 e. The molecule has 0 unspecified atom stereocenters. The molecular weight excluding hydrogens is 354 g/mol. The van der Waals surface area contributed by atoms with Crippen molar-refractivity contribution in [3.63, 3.8) is 0 Å². The Morgan fingerprint density at radius 2 is 1.54 bits per heavy atom. The van der Waals surface area contributed by atoms with Crippen LogP contribution in [-0.2, 0) is 17.8 Å². The van der Waals surface area contributed by atoms with E-state index in [-0.39, 0.29) is 5.60 Å². The summed E-state index contributed by atoms with van der Waals surface area (Å²) in [4.78, 5) is 2.22. The number of methoxy groups -OCH3 is 2. The van der Waals surface area contributed by atoms with Crippen LogP contribution in [0.25, 0.3) is 0 Å². The number of aliphatic hydroxyl groups is 1. The van der Waals surface area contributed by atoms with Gasteiger partial charge in [-0.2, -0.15) is 0 Å². The Bertz CT molecular complexity index is 712. The molecule has 154 valence electrons. The number of hydrogen-bond acceptors (Lipinski definition) is 5. The van der Waals surface area contributed by atoms with Gasteiger partial charge in [0.25, 0.3) is 0 Å². The highest BCUT2D eigenvalue weighted by atomic mass is 16.5. The van der Waals surface area contributed by atoms with E-state index in [1.807, 2.05) is 57.2 Å². The molecule has 1 atom stereocenters. The van der Waals surface area contributed by atoms with Gasteiger partial charge in [0.15, 0.2) is 11.5 Å². The Morgan fingerprint density at radius 1 is 0.893 bits per heavy atom. The van der Waals surface area contributed by atoms with Gasteiger partial charge in [-0.15, -0.1) is 0 Å². The van der Waals surface area contributed by atoms with Crippen LogP contribution in [-0.4, -0.2) is 49.1 Å². The second kappa shape index (κ2) is 10.5. The van der Waals surface area contributed by atoms with Crippen LogP contribution in [0.2, 0.25) is 0 Å². The number of rotatable bonds is 10. The zero-order valence-corrected chi connectivity index (χ0v) is 17.6. The SMILES string of the molecule is COc1ccc(CN(Cc2ccccc2)C[C@H](O)COC(C)(C)C)cc1OC. The van der Waals surface area contributed by atoms with Crippen LogP contribution < -0.4 is 9.47 Å². The van der Waals surface area contributed by atoms with Gasteiger partial charge in [-0.1, -0.05) is 36.4 Å². The first kappa shape index (κ1) is 22.2. The summed E-state index contributed by atoms with van der Waals surface area (Å²) in [6.45, 7) is 8.21. The number of aliphatic hydroxyl groups excluding tert-OH is 1. The molecule has 5 heteroatoms. The third-order valence-corrected chi connectivity index (χ3v) is 4.28. The summed E-state index contributed by atoms with van der Waals surface area (Å²) in [6.07, 6.45) is -0.567. The standard InChI is InChI=1S/C23H33NO4/c1-23(2,3)28-17-20(25)16-24(14-18-9-7-6-8-10-18)15-19-11-12-21(26-4)22(13-19)27-5/h6-13,20,25H,14-17H2,1-5H3/t20-/m0/s1. The fraction of sp³-hybridized carbons (Fsp3) is 0.478. The van der Waals surface area contributed by atoms with Gasteiger partial charge in [-0.25, -0.2) is 0 Å². The van der Waals surface area contributed by atoms with Crippen molar-refractivity contribution in [2.75, 3.05) is 27.4 Å². The van der Waals surface area contributed by atoms with Crippen molar-refractivity contribution in [3.8, 4) is 11.5 Å². The first-order valence-corrected chi connectivity index (χ1v) is 9.60. The van der Waals surface area contributed by atoms with Crippen molar-refractivity contribution in [1.82, 2.24) is 4.90 Å². The molecule has 0 amide bonds. The summed E-state index contributed by atoms with van der Waals surface area (Å²) in [7, 11) is 3.27. The molecule has 0 radical (unpaired) electrons. The van der Waals surface area contributed by atoms with E-state index in [0.717, 1.165) is 12.1 Å². The predicted octanol–water partition coefficient (Wildman–Crippen LogP) is 3.88. The predicted molar refractivity (Wildman–Crippen MR) is 112 cm³/mol. The smallest absolute Gasteiger partial charge is 0.161 e. The van der Waals surface area contributed by atoms with Crippen LogP contribution in [0.4, 0.5) is 0 Å². The summed E-state index contributed by atoms with van der Waals surface area (Å²) >= 11 is 0. The van der Waals surface area contributed by atoms with Crippen molar-refractivity contribution in [2.24, 2.45) is 0 Å². The highest BCUT2D eigenvalue weighted by Crippen LogP contribution is 2.28. The van der Waals surface area contributed by atoms with Crippen molar-refractivity contribution >= 4 is 0 Å². The van der Waals surface area contributed by atoms with Crippen molar-refractivity contribution in [3.05, 3.63) is 59.7 Å². The minimum atomic E-state index is -0.567. The third-order valence-electron chi connectivity index (χ3n) is 4.28. The third kappa shape index (κ3) is 7.50. The highest BCUT2D eigenvalue weighted by molar-refractivity contribution is 5.42. The minimum Gasteiger partial charge on any atom is -0.493 e. The molecule has 1 N–H and O–H groups in total. The fourth-order valence-electron chi connectivity index (χ4n) is 2.96. The zero-order valence-electron chi connectivity index (χ0n) is 17.6. The molecule has 2 rings (SSSR count). The lowest BCUT2D eigenvalue weighted by molar-refractivity contribution is -0.0572. The van der Waals surface area contributed by atoms with Crippen LogP contribution in [0.3, 0.4) is 0 Å². The van der Waals surface area contributed by atoms with E-state index in [4.69, 9.17) is 14.2 Å². The number of benzene rings is 2. The maximum Gasteiger partial charge on any atom is 0.161 e. The molecule has 0 aromatic heterocycles. The Hall–Kier alpha value is -2.08. The van der Waals surface area contributed by atoms with Crippen molar-refractivity contribution < 1.29 is 19.3 Å². The zero-order chi connectivity index (χ0) is 20.6. The number of nitrogens with zero attached hydrogens (tertiary/aromatic N) is 1. The molecule has 0 aliphatic carbocycles. The van der Waals surface area contributed by atoms with Gasteiger partial charge in [0, 0.05) is 19.6 Å².